The maximum absolute atomic E-state index is 12.3. The molecule has 24 heavy (non-hydrogen) atoms. The van der Waals surface area contributed by atoms with Crippen molar-refractivity contribution in [2.45, 2.75) is 19.8 Å². The summed E-state index contributed by atoms with van der Waals surface area (Å²) in [6, 6.07) is 3.22. The minimum absolute atomic E-state index is 0.240. The molecule has 0 aromatic heterocycles. The van der Waals surface area contributed by atoms with Crippen LogP contribution in [0.25, 0.3) is 0 Å². The number of halogens is 1. The lowest BCUT2D eigenvalue weighted by Crippen LogP contribution is -2.46. The Morgan fingerprint density at radius 2 is 1.92 bits per heavy atom. The molecule has 2 rings (SSSR count). The van der Waals surface area contributed by atoms with Crippen molar-refractivity contribution in [1.29, 1.82) is 0 Å². The minimum atomic E-state index is -0.757. The number of nitrogens with two attached hydrogens (primary N) is 1. The van der Waals surface area contributed by atoms with Gasteiger partial charge in [0, 0.05) is 30.1 Å². The molecular formula is C16H20ClN3O4. The fourth-order valence-corrected chi connectivity index (χ4v) is 2.77. The summed E-state index contributed by atoms with van der Waals surface area (Å²) in [7, 11) is 1.45. The van der Waals surface area contributed by atoms with E-state index in [0.717, 1.165) is 5.56 Å². The van der Waals surface area contributed by atoms with Crippen LogP contribution in [-0.2, 0) is 14.4 Å². The first-order valence-electron chi connectivity index (χ1n) is 7.57. The number of primary amides is 1. The standard InChI is InChI=1S/C16H20ClN3O4/c1-9-7-12(13(24-2)8-11(9)17)19-15(22)16(23)20-5-3-10(4-6-20)14(18)21/h7-8,10H,3-6H2,1-2H3,(H2,18,21)(H,19,22). The topological polar surface area (TPSA) is 102 Å². The van der Waals surface area contributed by atoms with Gasteiger partial charge in [-0.15, -0.1) is 0 Å². The molecular weight excluding hydrogens is 334 g/mol. The average molecular weight is 354 g/mol. The second kappa shape index (κ2) is 7.53. The van der Waals surface area contributed by atoms with E-state index in [1.54, 1.807) is 19.1 Å². The maximum atomic E-state index is 12.3. The predicted octanol–water partition coefficient (Wildman–Crippen LogP) is 1.32. The molecule has 1 fully saturated rings. The summed E-state index contributed by atoms with van der Waals surface area (Å²) in [5.41, 5.74) is 6.39. The van der Waals surface area contributed by atoms with Gasteiger partial charge in [0.1, 0.15) is 5.75 Å². The fraction of sp³-hybridized carbons (Fsp3) is 0.438. The number of ether oxygens (including phenoxy) is 1. The normalized spacial score (nSPS) is 15.0. The molecule has 7 nitrogen and oxygen atoms in total. The van der Waals surface area contributed by atoms with Crippen molar-refractivity contribution >= 4 is 35.0 Å². The molecule has 1 aromatic rings. The van der Waals surface area contributed by atoms with Crippen molar-refractivity contribution in [2.75, 3.05) is 25.5 Å². The van der Waals surface area contributed by atoms with Gasteiger partial charge in [-0.25, -0.2) is 0 Å². The van der Waals surface area contributed by atoms with Gasteiger partial charge in [0.25, 0.3) is 0 Å². The van der Waals surface area contributed by atoms with E-state index in [9.17, 15) is 14.4 Å². The van der Waals surface area contributed by atoms with E-state index in [4.69, 9.17) is 22.1 Å². The molecule has 1 saturated heterocycles. The van der Waals surface area contributed by atoms with Crippen LogP contribution in [0.5, 0.6) is 5.75 Å². The summed E-state index contributed by atoms with van der Waals surface area (Å²) in [5.74, 6) is -1.64. The van der Waals surface area contributed by atoms with Gasteiger partial charge >= 0.3 is 11.8 Å². The Hall–Kier alpha value is -2.28. The number of amides is 3. The van der Waals surface area contributed by atoms with Crippen LogP contribution in [0.3, 0.4) is 0 Å². The van der Waals surface area contributed by atoms with Gasteiger partial charge in [-0.3, -0.25) is 14.4 Å². The zero-order valence-electron chi connectivity index (χ0n) is 13.6. The second-order valence-corrected chi connectivity index (χ2v) is 6.13. The highest BCUT2D eigenvalue weighted by Gasteiger charge is 2.29. The van der Waals surface area contributed by atoms with Crippen molar-refractivity contribution in [3.05, 3.63) is 22.7 Å². The zero-order chi connectivity index (χ0) is 17.9. The van der Waals surface area contributed by atoms with Crippen LogP contribution in [0.15, 0.2) is 12.1 Å². The zero-order valence-corrected chi connectivity index (χ0v) is 14.4. The number of hydrogen-bond donors (Lipinski definition) is 2. The first-order valence-corrected chi connectivity index (χ1v) is 7.95. The molecule has 8 heteroatoms. The number of carbonyl (C=O) groups is 3. The number of carbonyl (C=O) groups excluding carboxylic acids is 3. The third-order valence-corrected chi connectivity index (χ3v) is 4.51. The SMILES string of the molecule is COc1cc(Cl)c(C)cc1NC(=O)C(=O)N1CCC(C(N)=O)CC1. The van der Waals surface area contributed by atoms with Crippen molar-refractivity contribution in [3.63, 3.8) is 0 Å². The smallest absolute Gasteiger partial charge is 0.314 e. The number of likely N-dealkylation sites (tertiary alicyclic amines) is 1. The van der Waals surface area contributed by atoms with E-state index in [-0.39, 0.29) is 11.8 Å². The van der Waals surface area contributed by atoms with E-state index in [1.165, 1.54) is 12.0 Å². The maximum Gasteiger partial charge on any atom is 0.314 e. The lowest BCUT2D eigenvalue weighted by molar-refractivity contribution is -0.144. The molecule has 0 saturated carbocycles. The molecule has 0 spiro atoms. The van der Waals surface area contributed by atoms with Crippen molar-refractivity contribution in [3.8, 4) is 5.75 Å². The van der Waals surface area contributed by atoms with Gasteiger partial charge in [0.15, 0.2) is 0 Å². The van der Waals surface area contributed by atoms with Gasteiger partial charge in [0.05, 0.1) is 12.8 Å². The van der Waals surface area contributed by atoms with Crippen LogP contribution in [0.1, 0.15) is 18.4 Å². The molecule has 1 aliphatic rings. The summed E-state index contributed by atoms with van der Waals surface area (Å²) < 4.78 is 5.17. The monoisotopic (exact) mass is 353 g/mol. The Bertz CT molecular complexity index is 670. The Morgan fingerprint density at radius 3 is 2.46 bits per heavy atom. The van der Waals surface area contributed by atoms with Crippen LogP contribution in [0, 0.1) is 12.8 Å². The van der Waals surface area contributed by atoms with Crippen molar-refractivity contribution in [1.82, 2.24) is 4.90 Å². The molecule has 130 valence electrons. The molecule has 0 atom stereocenters. The molecule has 1 heterocycles. The largest absolute Gasteiger partial charge is 0.495 e. The number of nitrogens with one attached hydrogen (secondary N) is 1. The van der Waals surface area contributed by atoms with E-state index in [2.05, 4.69) is 5.32 Å². The third kappa shape index (κ3) is 3.97. The number of nitrogens with zero attached hydrogens (tertiary/aromatic N) is 1. The van der Waals surface area contributed by atoms with Gasteiger partial charge in [-0.2, -0.15) is 0 Å². The van der Waals surface area contributed by atoms with Gasteiger partial charge in [-0.1, -0.05) is 11.6 Å². The number of methoxy groups -OCH3 is 1. The second-order valence-electron chi connectivity index (χ2n) is 5.72. The number of benzene rings is 1. The molecule has 0 aliphatic carbocycles. The van der Waals surface area contributed by atoms with Crippen LogP contribution in [0.4, 0.5) is 5.69 Å². The molecule has 0 radical (unpaired) electrons. The van der Waals surface area contributed by atoms with Crippen LogP contribution in [-0.4, -0.2) is 42.8 Å². The molecule has 0 bridgehead atoms. The number of hydrogen-bond acceptors (Lipinski definition) is 4. The lowest BCUT2D eigenvalue weighted by Gasteiger charge is -2.30. The number of piperidine rings is 1. The van der Waals surface area contributed by atoms with Crippen LogP contribution < -0.4 is 15.8 Å². The van der Waals surface area contributed by atoms with E-state index >= 15 is 0 Å². The predicted molar refractivity (Wildman–Crippen MR) is 89.9 cm³/mol. The summed E-state index contributed by atoms with van der Waals surface area (Å²) >= 11 is 6.02. The Balaban J connectivity index is 2.04. The summed E-state index contributed by atoms with van der Waals surface area (Å²) in [5, 5.41) is 3.06. The highest BCUT2D eigenvalue weighted by atomic mass is 35.5. The van der Waals surface area contributed by atoms with Gasteiger partial charge in [0.2, 0.25) is 5.91 Å². The first kappa shape index (κ1) is 18.1. The molecule has 3 amide bonds. The summed E-state index contributed by atoms with van der Waals surface area (Å²) in [6.45, 7) is 2.45. The molecule has 0 unspecified atom stereocenters. The van der Waals surface area contributed by atoms with Crippen molar-refractivity contribution in [2.24, 2.45) is 11.7 Å². The van der Waals surface area contributed by atoms with E-state index in [1.807, 2.05) is 0 Å². The molecule has 3 N–H and O–H groups in total. The number of rotatable bonds is 3. The number of aryl methyl sites for hydroxylation is 1. The lowest BCUT2D eigenvalue weighted by atomic mass is 9.96. The van der Waals surface area contributed by atoms with Crippen LogP contribution in [0.2, 0.25) is 5.02 Å². The number of anilines is 1. The van der Waals surface area contributed by atoms with Crippen molar-refractivity contribution < 1.29 is 19.1 Å². The fourth-order valence-electron chi connectivity index (χ4n) is 2.62. The van der Waals surface area contributed by atoms with E-state index < -0.39 is 11.8 Å². The van der Waals surface area contributed by atoms with E-state index in [0.29, 0.717) is 42.4 Å². The Labute approximate surface area is 145 Å². The summed E-state index contributed by atoms with van der Waals surface area (Å²) in [6.07, 6.45) is 0.940. The Kier molecular flexibility index (Phi) is 5.66. The average Bonchev–Trinajstić information content (AvgIpc) is 2.57. The van der Waals surface area contributed by atoms with Gasteiger partial charge in [-0.05, 0) is 31.4 Å². The summed E-state index contributed by atoms with van der Waals surface area (Å²) in [4.78, 5) is 37.0. The minimum Gasteiger partial charge on any atom is -0.495 e. The molecule has 1 aromatic carbocycles. The Morgan fingerprint density at radius 1 is 1.29 bits per heavy atom. The highest BCUT2D eigenvalue weighted by molar-refractivity contribution is 6.39. The highest BCUT2D eigenvalue weighted by Crippen LogP contribution is 2.31. The van der Waals surface area contributed by atoms with Crippen LogP contribution >= 0.6 is 11.6 Å². The first-order chi connectivity index (χ1) is 11.3. The molecule has 1 aliphatic heterocycles. The van der Waals surface area contributed by atoms with Gasteiger partial charge < -0.3 is 20.7 Å². The third-order valence-electron chi connectivity index (χ3n) is 4.11. The quantitative estimate of drug-likeness (QED) is 0.800.